The van der Waals surface area contributed by atoms with Gasteiger partial charge in [-0.15, -0.1) is 0 Å². The van der Waals surface area contributed by atoms with E-state index in [-0.39, 0.29) is 17.4 Å². The molecule has 0 atom stereocenters. The van der Waals surface area contributed by atoms with Crippen molar-refractivity contribution in [1.82, 2.24) is 15.0 Å². The van der Waals surface area contributed by atoms with Crippen molar-refractivity contribution in [3.05, 3.63) is 59.8 Å². The number of benzene rings is 2. The molecule has 0 spiro atoms. The highest BCUT2D eigenvalue weighted by atomic mass is 16.4. The zero-order valence-electron chi connectivity index (χ0n) is 12.3. The van der Waals surface area contributed by atoms with Crippen LogP contribution >= 0.6 is 0 Å². The fourth-order valence-electron chi connectivity index (χ4n) is 2.63. The molecular formula is C17H12N4O3. The Balaban J connectivity index is 1.67. The van der Waals surface area contributed by atoms with Crippen LogP contribution in [0.4, 0.5) is 5.95 Å². The van der Waals surface area contributed by atoms with Gasteiger partial charge < -0.3 is 15.1 Å². The number of rotatable bonds is 3. The molecule has 118 valence electrons. The van der Waals surface area contributed by atoms with E-state index >= 15 is 0 Å². The van der Waals surface area contributed by atoms with E-state index < -0.39 is 5.97 Å². The molecule has 2 aromatic heterocycles. The number of amides is 1. The van der Waals surface area contributed by atoms with Crippen molar-refractivity contribution in [3.8, 4) is 0 Å². The topological polar surface area (TPSA) is 111 Å². The normalized spacial score (nSPS) is 11.0. The third kappa shape index (κ3) is 2.28. The van der Waals surface area contributed by atoms with Gasteiger partial charge in [0.25, 0.3) is 5.91 Å². The molecule has 2 aromatic carbocycles. The van der Waals surface area contributed by atoms with Crippen molar-refractivity contribution in [1.29, 1.82) is 0 Å². The first-order valence-corrected chi connectivity index (χ1v) is 7.23. The minimum absolute atomic E-state index is 0.0786. The Hall–Kier alpha value is -3.61. The van der Waals surface area contributed by atoms with Gasteiger partial charge in [0.15, 0.2) is 0 Å². The molecule has 0 bridgehead atoms. The van der Waals surface area contributed by atoms with Crippen LogP contribution in [0.5, 0.6) is 0 Å². The number of nitrogens with one attached hydrogen (secondary N) is 3. The Kier molecular flexibility index (Phi) is 3.06. The maximum absolute atomic E-state index is 12.4. The molecule has 0 radical (unpaired) electrons. The summed E-state index contributed by atoms with van der Waals surface area (Å²) >= 11 is 0. The molecule has 7 heteroatoms. The number of fused-ring (bicyclic) bond motifs is 2. The molecule has 0 aliphatic carbocycles. The smallest absolute Gasteiger partial charge is 0.337 e. The van der Waals surface area contributed by atoms with Gasteiger partial charge in [-0.2, -0.15) is 0 Å². The molecule has 0 aliphatic heterocycles. The molecule has 4 rings (SSSR count). The zero-order chi connectivity index (χ0) is 16.7. The van der Waals surface area contributed by atoms with Gasteiger partial charge in [0.2, 0.25) is 5.95 Å². The van der Waals surface area contributed by atoms with Crippen molar-refractivity contribution in [3.63, 3.8) is 0 Å². The first kappa shape index (κ1) is 14.0. The Morgan fingerprint density at radius 1 is 1.00 bits per heavy atom. The van der Waals surface area contributed by atoms with Crippen LogP contribution in [0.25, 0.3) is 21.9 Å². The lowest BCUT2D eigenvalue weighted by atomic mass is 10.2. The molecule has 24 heavy (non-hydrogen) atoms. The number of hydrogen-bond acceptors (Lipinski definition) is 3. The number of aromatic carboxylic acids is 1. The highest BCUT2D eigenvalue weighted by Gasteiger charge is 2.15. The third-order valence-corrected chi connectivity index (χ3v) is 3.75. The lowest BCUT2D eigenvalue weighted by molar-refractivity contribution is 0.0698. The summed E-state index contributed by atoms with van der Waals surface area (Å²) in [4.78, 5) is 33.7. The first-order valence-electron chi connectivity index (χ1n) is 7.23. The molecule has 0 unspecified atom stereocenters. The van der Waals surface area contributed by atoms with E-state index in [9.17, 15) is 14.7 Å². The van der Waals surface area contributed by atoms with E-state index in [2.05, 4.69) is 20.3 Å². The highest BCUT2D eigenvalue weighted by Crippen LogP contribution is 2.20. The Bertz CT molecular complexity index is 1060. The number of aromatic amines is 2. The molecule has 4 N–H and O–H groups in total. The quantitative estimate of drug-likeness (QED) is 0.465. The van der Waals surface area contributed by atoms with Gasteiger partial charge in [0, 0.05) is 10.9 Å². The number of para-hydroxylation sites is 2. The number of aromatic nitrogens is 3. The van der Waals surface area contributed by atoms with Gasteiger partial charge in [-0.3, -0.25) is 10.1 Å². The maximum atomic E-state index is 12.4. The second-order valence-corrected chi connectivity index (χ2v) is 5.32. The maximum Gasteiger partial charge on any atom is 0.337 e. The Labute approximate surface area is 135 Å². The molecule has 1 amide bonds. The molecule has 0 saturated carbocycles. The number of H-pyrrole nitrogens is 2. The van der Waals surface area contributed by atoms with Gasteiger partial charge in [-0.25, -0.2) is 9.78 Å². The summed E-state index contributed by atoms with van der Waals surface area (Å²) < 4.78 is 0. The predicted octanol–water partition coefficient (Wildman–Crippen LogP) is 2.99. The second-order valence-electron chi connectivity index (χ2n) is 5.32. The SMILES string of the molecule is O=C(Nc1nc2c(C(=O)O)cccc2[nH]1)c1cc2ccccc2[nH]1. The van der Waals surface area contributed by atoms with E-state index in [1.165, 1.54) is 6.07 Å². The number of hydrogen-bond donors (Lipinski definition) is 4. The van der Waals surface area contributed by atoms with Crippen LogP contribution < -0.4 is 5.32 Å². The van der Waals surface area contributed by atoms with E-state index in [1.807, 2.05) is 24.3 Å². The van der Waals surface area contributed by atoms with Crippen LogP contribution in [0.15, 0.2) is 48.5 Å². The van der Waals surface area contributed by atoms with Gasteiger partial charge in [-0.1, -0.05) is 24.3 Å². The number of carboxylic acid groups (broad SMARTS) is 1. The summed E-state index contributed by atoms with van der Waals surface area (Å²) in [5.41, 5.74) is 2.18. The summed E-state index contributed by atoms with van der Waals surface area (Å²) in [6.07, 6.45) is 0. The standard InChI is InChI=1S/C17H12N4O3/c22-15(13-8-9-4-1-2-6-11(9)18-13)21-17-19-12-7-3-5-10(16(23)24)14(12)20-17/h1-8,18H,(H,23,24)(H2,19,20,21,22). The van der Waals surface area contributed by atoms with Gasteiger partial charge in [0.1, 0.15) is 11.2 Å². The lowest BCUT2D eigenvalue weighted by Gasteiger charge is -1.98. The van der Waals surface area contributed by atoms with Crippen LogP contribution in [-0.2, 0) is 0 Å². The highest BCUT2D eigenvalue weighted by molar-refractivity contribution is 6.06. The molecule has 4 aromatic rings. The third-order valence-electron chi connectivity index (χ3n) is 3.75. The molecule has 7 nitrogen and oxygen atoms in total. The monoisotopic (exact) mass is 320 g/mol. The number of anilines is 1. The van der Waals surface area contributed by atoms with Crippen molar-refractivity contribution in [2.75, 3.05) is 5.32 Å². The minimum Gasteiger partial charge on any atom is -0.478 e. The summed E-state index contributed by atoms with van der Waals surface area (Å²) in [6.45, 7) is 0. The largest absolute Gasteiger partial charge is 0.478 e. The van der Waals surface area contributed by atoms with Crippen LogP contribution in [0.1, 0.15) is 20.8 Å². The molecular weight excluding hydrogens is 308 g/mol. The fourth-order valence-corrected chi connectivity index (χ4v) is 2.63. The van der Waals surface area contributed by atoms with E-state index in [4.69, 9.17) is 0 Å². The molecule has 2 heterocycles. The van der Waals surface area contributed by atoms with Crippen LogP contribution in [0.3, 0.4) is 0 Å². The number of carbonyl (C=O) groups excluding carboxylic acids is 1. The van der Waals surface area contributed by atoms with E-state index in [0.29, 0.717) is 16.7 Å². The number of imidazole rings is 1. The average Bonchev–Trinajstić information content (AvgIpc) is 3.17. The molecule has 0 aliphatic rings. The van der Waals surface area contributed by atoms with Crippen molar-refractivity contribution >= 4 is 39.8 Å². The zero-order valence-corrected chi connectivity index (χ0v) is 12.3. The number of carboxylic acids is 1. The number of nitrogens with zero attached hydrogens (tertiary/aromatic N) is 1. The van der Waals surface area contributed by atoms with E-state index in [0.717, 1.165) is 10.9 Å². The van der Waals surface area contributed by atoms with Crippen LogP contribution in [0, 0.1) is 0 Å². The first-order chi connectivity index (χ1) is 11.6. The van der Waals surface area contributed by atoms with Gasteiger partial charge >= 0.3 is 5.97 Å². The van der Waals surface area contributed by atoms with Crippen molar-refractivity contribution < 1.29 is 14.7 Å². The van der Waals surface area contributed by atoms with E-state index in [1.54, 1.807) is 18.2 Å². The Morgan fingerprint density at radius 2 is 1.79 bits per heavy atom. The lowest BCUT2D eigenvalue weighted by Crippen LogP contribution is -2.13. The van der Waals surface area contributed by atoms with Crippen LogP contribution in [0.2, 0.25) is 0 Å². The van der Waals surface area contributed by atoms with Crippen molar-refractivity contribution in [2.24, 2.45) is 0 Å². The molecule has 0 fully saturated rings. The minimum atomic E-state index is -1.07. The number of carbonyl (C=O) groups is 2. The summed E-state index contributed by atoms with van der Waals surface area (Å²) in [5.74, 6) is -1.23. The van der Waals surface area contributed by atoms with Gasteiger partial charge in [0.05, 0.1) is 11.1 Å². The summed E-state index contributed by atoms with van der Waals surface area (Å²) in [5, 5.41) is 12.8. The Morgan fingerprint density at radius 3 is 2.58 bits per heavy atom. The van der Waals surface area contributed by atoms with Crippen LogP contribution in [-0.4, -0.2) is 31.9 Å². The predicted molar refractivity (Wildman–Crippen MR) is 89.3 cm³/mol. The summed E-state index contributed by atoms with van der Waals surface area (Å²) in [7, 11) is 0. The van der Waals surface area contributed by atoms with Gasteiger partial charge in [-0.05, 0) is 24.3 Å². The van der Waals surface area contributed by atoms with Crippen molar-refractivity contribution in [2.45, 2.75) is 0 Å². The average molecular weight is 320 g/mol. The molecule has 0 saturated heterocycles. The second kappa shape index (κ2) is 5.24. The summed E-state index contributed by atoms with van der Waals surface area (Å²) in [6, 6.07) is 14.1. The fraction of sp³-hybridized carbons (Fsp3) is 0.